The lowest BCUT2D eigenvalue weighted by molar-refractivity contribution is 0.923. The van der Waals surface area contributed by atoms with Crippen LogP contribution in [-0.4, -0.2) is 103 Å². The largest absolute Gasteiger partial charge is 0.309 e. The van der Waals surface area contributed by atoms with Crippen LogP contribution in [0.25, 0.3) is 205 Å². The van der Waals surface area contributed by atoms with Crippen molar-refractivity contribution in [1.29, 1.82) is 10.5 Å². The van der Waals surface area contributed by atoms with Crippen molar-refractivity contribution in [1.82, 2.24) is 103 Å². The van der Waals surface area contributed by atoms with Crippen molar-refractivity contribution in [3.8, 4) is 142 Å². The fraction of sp³-hybridized carbons (Fsp3) is 0.107. The highest BCUT2D eigenvalue weighted by Gasteiger charge is 2.26. The number of benzene rings is 13. The van der Waals surface area contributed by atoms with Gasteiger partial charge in [0.25, 0.3) is 0 Å². The van der Waals surface area contributed by atoms with E-state index in [1.807, 2.05) is 204 Å². The number of para-hydroxylation sites is 2. The number of aryl methyl sites for hydroxylation is 12. The molecule has 9 aromatic heterocycles. The fourth-order valence-electron chi connectivity index (χ4n) is 18.0. The Labute approximate surface area is 787 Å². The van der Waals surface area contributed by atoms with Gasteiger partial charge in [-0.15, -0.1) is 0 Å². The first-order chi connectivity index (χ1) is 66.5. The molecule has 654 valence electrons. The van der Waals surface area contributed by atoms with E-state index >= 15 is 0 Å². The monoisotopic (exact) mass is 1780 g/mol. The number of hydrogen-bond acceptors (Lipinski definition) is 20. The third-order valence-electron chi connectivity index (χ3n) is 23.8. The average Bonchev–Trinajstić information content (AvgIpc) is 1.59. The van der Waals surface area contributed by atoms with Crippen LogP contribution in [0.2, 0.25) is 0 Å². The van der Waals surface area contributed by atoms with Crippen LogP contribution in [-0.2, 0) is 0 Å². The maximum Gasteiger partial charge on any atom is 0.187 e. The first-order valence-electron chi connectivity index (χ1n) is 44.3. The predicted octanol–water partition coefficient (Wildman–Crippen LogP) is 24.7. The van der Waals surface area contributed by atoms with Crippen LogP contribution in [0.3, 0.4) is 0 Å². The molecule has 0 fully saturated rings. The van der Waals surface area contributed by atoms with Gasteiger partial charge in [0.15, 0.2) is 46.3 Å². The van der Waals surface area contributed by atoms with Gasteiger partial charge in [0.05, 0.1) is 86.6 Å². The zero-order valence-corrected chi connectivity index (χ0v) is 76.7. The zero-order chi connectivity index (χ0) is 94.6. The van der Waals surface area contributed by atoms with E-state index in [2.05, 4.69) is 247 Å². The van der Waals surface area contributed by atoms with Crippen molar-refractivity contribution in [2.24, 2.45) is 0 Å². The second-order valence-electron chi connectivity index (χ2n) is 33.4. The van der Waals surface area contributed by atoms with Crippen molar-refractivity contribution in [3.05, 3.63) is 377 Å². The summed E-state index contributed by atoms with van der Waals surface area (Å²) in [5.41, 5.74) is 24.8. The lowest BCUT2D eigenvalue weighted by Crippen LogP contribution is -2.05. The van der Waals surface area contributed by atoms with Crippen LogP contribution in [0, 0.1) is 119 Å². The van der Waals surface area contributed by atoms with Gasteiger partial charge in [0.2, 0.25) is 0 Å². The molecule has 22 aromatic rings. The number of nitriles is 2. The maximum atomic E-state index is 9.40. The normalized spacial score (nSPS) is 11.2. The smallest absolute Gasteiger partial charge is 0.187 e. The van der Waals surface area contributed by atoms with Gasteiger partial charge < -0.3 is 13.7 Å². The van der Waals surface area contributed by atoms with E-state index in [1.54, 1.807) is 0 Å². The third-order valence-corrected chi connectivity index (χ3v) is 23.8. The Morgan fingerprint density at radius 1 is 0.204 bits per heavy atom. The second kappa shape index (κ2) is 35.9. The number of aromatic nitrogens is 21. The van der Waals surface area contributed by atoms with Crippen LogP contribution < -0.4 is 0 Å². The lowest BCUT2D eigenvalue weighted by atomic mass is 10.0. The van der Waals surface area contributed by atoms with Gasteiger partial charge in [0.1, 0.15) is 69.9 Å². The molecular formula is C112H81N25. The van der Waals surface area contributed by atoms with Crippen LogP contribution in [0.5, 0.6) is 0 Å². The van der Waals surface area contributed by atoms with Gasteiger partial charge in [0, 0.05) is 65.7 Å². The standard InChI is InChI=1S/C42H29N9.2C35H26N8/c1-24-45-25(2)48-41(47-24)34-15-18-38(37(19-34)42-49-26(3)46-27(4)50-42)51-39-20-32(30-9-5-28(22-43)6-10-30)13-16-35(39)36-17-14-33(21-40(36)51)31-11-7-29(23-44)8-12-31;1-20-37-21(2)40-34(39-20)26-13-17-32(30(18-26)35-41-22(3)38-23(4)42-35)43-31-9-7-6-8-28(31)29-16-12-25(19-33(29)43)24-10-14-27(36-5)15-11-24;1-20-37-21(2)40-34(39-20)26-13-17-33(30(19-26)35-41-22(3)38-23(4)42-35)43-31-9-7-6-8-28(31)29-18-25(12-16-32(29)43)24-10-14-27(36-5)15-11-24/h5-21H,1-4H3;2*6-19H,1-4H3. The van der Waals surface area contributed by atoms with Gasteiger partial charge in [-0.3, -0.25) is 0 Å². The first kappa shape index (κ1) is 86.3. The quantitative estimate of drug-likeness (QED) is 0.0968. The molecule has 0 unspecified atom stereocenters. The molecule has 0 atom stereocenters. The maximum absolute atomic E-state index is 9.40. The highest BCUT2D eigenvalue weighted by molar-refractivity contribution is 6.14. The Morgan fingerprint density at radius 3 is 0.730 bits per heavy atom. The average molecular weight is 1780 g/mol. The first-order valence-corrected chi connectivity index (χ1v) is 44.3. The summed E-state index contributed by atoms with van der Waals surface area (Å²) in [6.07, 6.45) is 0. The summed E-state index contributed by atoms with van der Waals surface area (Å²) in [5, 5.41) is 25.5. The van der Waals surface area contributed by atoms with E-state index in [0.717, 1.165) is 160 Å². The van der Waals surface area contributed by atoms with Crippen LogP contribution in [0.4, 0.5) is 11.4 Å². The Bertz CT molecular complexity index is 8610. The minimum Gasteiger partial charge on any atom is -0.309 e. The molecule has 0 aliphatic carbocycles. The number of nitrogens with zero attached hydrogens (tertiary/aromatic N) is 25. The molecule has 0 N–H and O–H groups in total. The van der Waals surface area contributed by atoms with Crippen LogP contribution in [0.1, 0.15) is 81.0 Å². The summed E-state index contributed by atoms with van der Waals surface area (Å²) in [4.78, 5) is 90.0. The molecule has 0 saturated carbocycles. The van der Waals surface area contributed by atoms with Crippen molar-refractivity contribution < 1.29 is 0 Å². The number of fused-ring (bicyclic) bond motifs is 9. The molecule has 0 saturated heterocycles. The summed E-state index contributed by atoms with van der Waals surface area (Å²) >= 11 is 0. The highest BCUT2D eigenvalue weighted by atomic mass is 15.1. The molecule has 22 rings (SSSR count). The predicted molar refractivity (Wildman–Crippen MR) is 536 cm³/mol. The summed E-state index contributed by atoms with van der Waals surface area (Å²) in [5.74, 6) is 11.3. The van der Waals surface area contributed by atoms with E-state index < -0.39 is 0 Å². The molecule has 25 heteroatoms. The molecule has 0 aliphatic heterocycles. The summed E-state index contributed by atoms with van der Waals surface area (Å²) < 4.78 is 6.82. The van der Waals surface area contributed by atoms with E-state index in [0.29, 0.717) is 127 Å². The van der Waals surface area contributed by atoms with E-state index in [4.69, 9.17) is 43.0 Å². The van der Waals surface area contributed by atoms with Crippen molar-refractivity contribution in [2.75, 3.05) is 0 Å². The van der Waals surface area contributed by atoms with Gasteiger partial charge in [-0.05, 0) is 249 Å². The lowest BCUT2D eigenvalue weighted by Gasteiger charge is -2.16. The van der Waals surface area contributed by atoms with Crippen molar-refractivity contribution >= 4 is 76.8 Å². The number of rotatable bonds is 13. The van der Waals surface area contributed by atoms with E-state index in [9.17, 15) is 10.5 Å². The van der Waals surface area contributed by atoms with Gasteiger partial charge in [-0.1, -0.05) is 152 Å². The second-order valence-corrected chi connectivity index (χ2v) is 33.4. The zero-order valence-electron chi connectivity index (χ0n) is 76.7. The Morgan fingerprint density at radius 2 is 0.431 bits per heavy atom. The molecule has 25 nitrogen and oxygen atoms in total. The molecule has 0 spiro atoms. The highest BCUT2D eigenvalue weighted by Crippen LogP contribution is 2.45. The van der Waals surface area contributed by atoms with Crippen LogP contribution in [0.15, 0.2) is 273 Å². The van der Waals surface area contributed by atoms with Gasteiger partial charge >= 0.3 is 0 Å². The Hall–Kier alpha value is -18.7. The minimum absolute atomic E-state index is 0.542. The van der Waals surface area contributed by atoms with Gasteiger partial charge in [-0.2, -0.15) is 10.5 Å². The van der Waals surface area contributed by atoms with Crippen molar-refractivity contribution in [3.63, 3.8) is 0 Å². The molecule has 9 heterocycles. The van der Waals surface area contributed by atoms with E-state index in [1.165, 1.54) is 0 Å². The molecule has 0 aliphatic rings. The third kappa shape index (κ3) is 17.1. The molecule has 137 heavy (non-hydrogen) atoms. The SMILES string of the molecule is Cc1nc(C)nc(-c2ccc(-n3c4cc(-c5ccc(C#N)cc5)ccc4c4ccc(-c5ccc(C#N)cc5)cc43)c(-c3nc(C)nc(C)n3)c2)n1.[C-]#[N+]c1ccc(-c2ccc3c(c2)c2ccccc2n3-c2ccc(-c3nc(C)nc(C)n3)cc2-c2nc(C)nc(C)n2)cc1.[C-]#[N+]c1ccc(-c2ccc3c4ccccc4n(-c4ccc(-c5nc(C)nc(C)n5)cc4-c4nc(C)nc(C)n4)c3c2)cc1. The number of hydrogen-bond donors (Lipinski definition) is 0. The topological polar surface area (TPSA) is 303 Å². The molecule has 0 radical (unpaired) electrons. The molecule has 13 aromatic carbocycles. The minimum atomic E-state index is 0.542. The van der Waals surface area contributed by atoms with Crippen molar-refractivity contribution in [2.45, 2.75) is 83.1 Å². The van der Waals surface area contributed by atoms with Crippen LogP contribution >= 0.6 is 0 Å². The Kier molecular flexibility index (Phi) is 22.6. The summed E-state index contributed by atoms with van der Waals surface area (Å²) in [6.45, 7) is 37.1. The molecule has 0 bridgehead atoms. The fourth-order valence-corrected chi connectivity index (χ4v) is 18.0. The summed E-state index contributed by atoms with van der Waals surface area (Å²) in [7, 11) is 0. The molecular weight excluding hydrogens is 1700 g/mol. The van der Waals surface area contributed by atoms with Gasteiger partial charge in [-0.25, -0.2) is 99.4 Å². The van der Waals surface area contributed by atoms with E-state index in [-0.39, 0.29) is 0 Å². The summed E-state index contributed by atoms with van der Waals surface area (Å²) in [6, 6.07) is 96.5. The Balaban J connectivity index is 0.000000128. The molecule has 0 amide bonds.